The molecule has 1 aromatic heterocycles. The highest BCUT2D eigenvalue weighted by Gasteiger charge is 2.17. The van der Waals surface area contributed by atoms with E-state index < -0.39 is 16.8 Å². The smallest absolute Gasteiger partial charge is 0.337 e. The van der Waals surface area contributed by atoms with Gasteiger partial charge < -0.3 is 25.4 Å². The highest BCUT2D eigenvalue weighted by molar-refractivity contribution is 6.02. The van der Waals surface area contributed by atoms with Crippen molar-refractivity contribution in [1.29, 1.82) is 0 Å². The molecule has 29 heavy (non-hydrogen) atoms. The third-order valence-electron chi connectivity index (χ3n) is 4.94. The molecule has 0 atom stereocenters. The van der Waals surface area contributed by atoms with Gasteiger partial charge in [0.1, 0.15) is 22.3 Å². The Kier molecular flexibility index (Phi) is 5.51. The third-order valence-corrected chi connectivity index (χ3v) is 4.94. The number of hydrogen-bond donors (Lipinski definition) is 4. The molecule has 0 radical (unpaired) electrons. The number of carboxylic acids is 1. The monoisotopic (exact) mass is 398 g/mol. The van der Waals surface area contributed by atoms with Crippen molar-refractivity contribution >= 4 is 34.2 Å². The lowest BCUT2D eigenvalue weighted by molar-refractivity contribution is 0.0699. The van der Waals surface area contributed by atoms with E-state index in [1.165, 1.54) is 13.0 Å². The van der Waals surface area contributed by atoms with E-state index in [0.717, 1.165) is 19.2 Å². The lowest BCUT2D eigenvalue weighted by Crippen LogP contribution is -2.28. The molecular formula is C20H22N4O5. The molecule has 9 heteroatoms. The molecule has 3 aromatic rings. The molecule has 0 aliphatic rings. The van der Waals surface area contributed by atoms with Crippen molar-refractivity contribution < 1.29 is 15.0 Å². The van der Waals surface area contributed by atoms with Gasteiger partial charge in [0.25, 0.3) is 0 Å². The summed E-state index contributed by atoms with van der Waals surface area (Å²) in [7, 11) is 1.98. The Hall–Kier alpha value is -3.46. The Morgan fingerprint density at radius 2 is 2.00 bits per heavy atom. The highest BCUT2D eigenvalue weighted by atomic mass is 16.4. The fourth-order valence-corrected chi connectivity index (χ4v) is 3.03. The van der Waals surface area contributed by atoms with Gasteiger partial charge in [-0.05, 0) is 32.6 Å². The Morgan fingerprint density at radius 3 is 2.66 bits per heavy atom. The van der Waals surface area contributed by atoms with Crippen molar-refractivity contribution in [3.05, 3.63) is 48.9 Å². The Labute approximate surface area is 165 Å². The normalized spacial score (nSPS) is 12.2. The average Bonchev–Trinajstić information content (AvgIpc) is 2.70. The van der Waals surface area contributed by atoms with Gasteiger partial charge in [-0.1, -0.05) is 6.92 Å². The van der Waals surface area contributed by atoms with Crippen molar-refractivity contribution in [3.63, 3.8) is 0 Å². The second-order valence-electron chi connectivity index (χ2n) is 6.81. The molecule has 0 aliphatic heterocycles. The maximum atomic E-state index is 12.7. The zero-order valence-corrected chi connectivity index (χ0v) is 16.4. The van der Waals surface area contributed by atoms with Crippen molar-refractivity contribution in [2.24, 2.45) is 0 Å². The van der Waals surface area contributed by atoms with E-state index in [-0.39, 0.29) is 44.2 Å². The summed E-state index contributed by atoms with van der Waals surface area (Å²) in [6, 6.07) is 2.29. The fourth-order valence-electron chi connectivity index (χ4n) is 3.03. The number of benzene rings is 2. The van der Waals surface area contributed by atoms with Crippen molar-refractivity contribution in [2.45, 2.75) is 13.8 Å². The largest absolute Gasteiger partial charge is 0.507 e. The lowest BCUT2D eigenvalue weighted by Gasteiger charge is -2.13. The topological polar surface area (TPSA) is 136 Å². The molecule has 4 N–H and O–H groups in total. The number of fused-ring (bicyclic) bond motifs is 2. The Bertz CT molecular complexity index is 1280. The van der Waals surface area contributed by atoms with Gasteiger partial charge in [0.2, 0.25) is 10.9 Å². The first-order chi connectivity index (χ1) is 13.8. The number of phenolic OH excluding ortho intramolecular Hbond substituents is 1. The van der Waals surface area contributed by atoms with E-state index in [4.69, 9.17) is 0 Å². The molecule has 0 saturated carbocycles. The zero-order chi connectivity index (χ0) is 21.3. The predicted molar refractivity (Wildman–Crippen MR) is 110 cm³/mol. The van der Waals surface area contributed by atoms with Gasteiger partial charge in [-0.25, -0.2) is 9.78 Å². The minimum atomic E-state index is -1.25. The van der Waals surface area contributed by atoms with Crippen LogP contribution in [-0.4, -0.2) is 57.7 Å². The van der Waals surface area contributed by atoms with Gasteiger partial charge in [0.05, 0.1) is 16.3 Å². The third kappa shape index (κ3) is 3.64. The van der Waals surface area contributed by atoms with Gasteiger partial charge in [0, 0.05) is 24.9 Å². The molecule has 1 heterocycles. The second kappa shape index (κ2) is 7.88. The summed E-state index contributed by atoms with van der Waals surface area (Å²) in [5.74, 6) is -1.48. The number of aromatic nitrogens is 2. The molecule has 0 amide bonds. The number of likely N-dealkylation sites (N-methyl/N-ethyl adjacent to an activating group) is 1. The van der Waals surface area contributed by atoms with E-state index in [1.54, 1.807) is 6.20 Å². The van der Waals surface area contributed by atoms with Crippen LogP contribution in [0.4, 0.5) is 0 Å². The van der Waals surface area contributed by atoms with Crippen LogP contribution in [0.15, 0.2) is 21.7 Å². The summed E-state index contributed by atoms with van der Waals surface area (Å²) < 4.78 is 0. The molecule has 0 aliphatic carbocycles. The quantitative estimate of drug-likeness (QED) is 0.340. The fraction of sp³-hybridized carbons (Fsp3) is 0.300. The van der Waals surface area contributed by atoms with E-state index in [2.05, 4.69) is 20.2 Å². The molecule has 2 aromatic carbocycles. The lowest BCUT2D eigenvalue weighted by atomic mass is 10.1. The summed E-state index contributed by atoms with van der Waals surface area (Å²) in [5.41, 5.74) is -1.07. The molecule has 152 valence electrons. The van der Waals surface area contributed by atoms with Crippen molar-refractivity contribution in [1.82, 2.24) is 20.2 Å². The van der Waals surface area contributed by atoms with Crippen molar-refractivity contribution in [2.75, 3.05) is 26.7 Å². The van der Waals surface area contributed by atoms with Crippen LogP contribution in [-0.2, 0) is 0 Å². The number of aromatic hydroxyl groups is 1. The molecular weight excluding hydrogens is 376 g/mol. The SMILES string of the molecule is CCN(C)CCNC=c1c(O)c(C)c(=O)c2[nH]c3c(C(=O)O)ccc(=O)c3nc12. The molecule has 0 unspecified atom stereocenters. The molecule has 0 saturated heterocycles. The standard InChI is InChI=1S/C20H22N4O5/c1-4-24(3)8-7-21-9-12-15-17(19(27)10(2)18(12)26)23-14-11(20(28)29)5-6-13(25)16(14)22-15/h5-6,9,21,23,26H,4,7-8H2,1-3H3,(H,28,29). The van der Waals surface area contributed by atoms with E-state index in [1.807, 2.05) is 14.0 Å². The van der Waals surface area contributed by atoms with Crippen LogP contribution in [0, 0.1) is 6.92 Å². The van der Waals surface area contributed by atoms with Gasteiger partial charge in [-0.3, -0.25) is 9.59 Å². The van der Waals surface area contributed by atoms with Crippen LogP contribution in [0.2, 0.25) is 0 Å². The first-order valence-electron chi connectivity index (χ1n) is 9.14. The summed E-state index contributed by atoms with van der Waals surface area (Å²) >= 11 is 0. The van der Waals surface area contributed by atoms with E-state index in [9.17, 15) is 24.6 Å². The summed E-state index contributed by atoms with van der Waals surface area (Å²) in [4.78, 5) is 45.6. The predicted octanol–water partition coefficient (Wildman–Crippen LogP) is 0.147. The second-order valence-corrected chi connectivity index (χ2v) is 6.81. The molecule has 3 rings (SSSR count). The minimum absolute atomic E-state index is 0.0248. The van der Waals surface area contributed by atoms with Crippen LogP contribution < -0.4 is 21.4 Å². The average molecular weight is 398 g/mol. The number of nitrogens with one attached hydrogen (secondary N) is 2. The summed E-state index contributed by atoms with van der Waals surface area (Å²) in [6.45, 7) is 5.76. The van der Waals surface area contributed by atoms with E-state index >= 15 is 0 Å². The Morgan fingerprint density at radius 1 is 1.28 bits per heavy atom. The molecule has 0 fully saturated rings. The molecule has 0 spiro atoms. The number of aromatic carboxylic acids is 1. The minimum Gasteiger partial charge on any atom is -0.507 e. The summed E-state index contributed by atoms with van der Waals surface area (Å²) in [6.07, 6.45) is 1.55. The number of carboxylic acid groups (broad SMARTS) is 1. The Balaban J connectivity index is 2.31. The van der Waals surface area contributed by atoms with Gasteiger partial charge in [-0.15, -0.1) is 0 Å². The number of nitrogens with zero attached hydrogens (tertiary/aromatic N) is 2. The van der Waals surface area contributed by atoms with Gasteiger partial charge in [0.15, 0.2) is 0 Å². The number of aromatic amines is 1. The summed E-state index contributed by atoms with van der Waals surface area (Å²) in [5, 5.41) is 23.2. The maximum absolute atomic E-state index is 12.7. The van der Waals surface area contributed by atoms with Crippen LogP contribution in [0.25, 0.3) is 28.3 Å². The molecule has 0 bridgehead atoms. The number of H-pyrrole nitrogens is 1. The highest BCUT2D eigenvalue weighted by Crippen LogP contribution is 2.17. The first-order valence-corrected chi connectivity index (χ1v) is 9.14. The van der Waals surface area contributed by atoms with Crippen LogP contribution >= 0.6 is 0 Å². The van der Waals surface area contributed by atoms with Crippen molar-refractivity contribution in [3.8, 4) is 5.75 Å². The van der Waals surface area contributed by atoms with Crippen LogP contribution in [0.3, 0.4) is 0 Å². The number of phenols is 1. The maximum Gasteiger partial charge on any atom is 0.337 e. The zero-order valence-electron chi connectivity index (χ0n) is 16.4. The first kappa shape index (κ1) is 20.3. The van der Waals surface area contributed by atoms with Crippen LogP contribution in [0.1, 0.15) is 22.8 Å². The number of carbonyl (C=O) groups is 1. The number of hydrogen-bond acceptors (Lipinski definition) is 7. The molecule has 9 nitrogen and oxygen atoms in total. The number of rotatable bonds is 6. The van der Waals surface area contributed by atoms with Crippen LogP contribution in [0.5, 0.6) is 5.75 Å². The van der Waals surface area contributed by atoms with E-state index in [0.29, 0.717) is 6.54 Å². The van der Waals surface area contributed by atoms with Gasteiger partial charge in [-0.2, -0.15) is 0 Å². The van der Waals surface area contributed by atoms with Gasteiger partial charge >= 0.3 is 5.97 Å².